The van der Waals surface area contributed by atoms with E-state index in [4.69, 9.17) is 9.84 Å². The van der Waals surface area contributed by atoms with Crippen LogP contribution in [0.2, 0.25) is 0 Å². The Morgan fingerprint density at radius 1 is 1.29 bits per heavy atom. The molecular formula is C20H23N3O4S. The number of carbonyl (C=O) groups is 2. The highest BCUT2D eigenvalue weighted by atomic mass is 32.2. The number of amides is 1. The topological polar surface area (TPSA) is 91.8 Å². The van der Waals surface area contributed by atoms with Gasteiger partial charge in [0.15, 0.2) is 0 Å². The van der Waals surface area contributed by atoms with Gasteiger partial charge in [0.2, 0.25) is 0 Å². The summed E-state index contributed by atoms with van der Waals surface area (Å²) < 4.78 is 7.62. The highest BCUT2D eigenvalue weighted by Gasteiger charge is 2.22. The predicted molar refractivity (Wildman–Crippen MR) is 107 cm³/mol. The second kappa shape index (κ2) is 9.57. The smallest absolute Gasteiger partial charge is 0.322 e. The molecule has 1 fully saturated rings. The van der Waals surface area contributed by atoms with Crippen LogP contribution < -0.4 is 10.1 Å². The lowest BCUT2D eigenvalue weighted by Crippen LogP contribution is -2.29. The van der Waals surface area contributed by atoms with E-state index in [-0.39, 0.29) is 5.69 Å². The molecule has 1 aromatic heterocycles. The molecule has 0 spiro atoms. The maximum Gasteiger partial charge on any atom is 0.322 e. The summed E-state index contributed by atoms with van der Waals surface area (Å²) in [6.45, 7) is 1.51. The van der Waals surface area contributed by atoms with Gasteiger partial charge in [-0.2, -0.15) is 0 Å². The number of hydrogen-bond donors (Lipinski definition) is 2. The number of ether oxygens (including phenoxy) is 1. The first-order valence-corrected chi connectivity index (χ1v) is 9.85. The number of pyridine rings is 1. The molecule has 2 N–H and O–H groups in total. The number of carboxylic acids is 1. The second-order valence-electron chi connectivity index (χ2n) is 6.53. The molecule has 2 heterocycles. The van der Waals surface area contributed by atoms with Gasteiger partial charge >= 0.3 is 5.97 Å². The summed E-state index contributed by atoms with van der Waals surface area (Å²) >= 11 is 1.63. The number of aliphatic carboxylic acids is 1. The molecular weight excluding hydrogens is 378 g/mol. The lowest BCUT2D eigenvalue weighted by molar-refractivity contribution is -0.135. The molecule has 0 atom stereocenters. The SMILES string of the molecule is COc1cccc(C2CCN(Sc3ccc(C(=O)NCC(=O)O)nc3)CC2)c1. The van der Waals surface area contributed by atoms with Gasteiger partial charge in [-0.05, 0) is 60.5 Å². The molecule has 0 aliphatic carbocycles. The van der Waals surface area contributed by atoms with E-state index in [0.29, 0.717) is 5.92 Å². The van der Waals surface area contributed by atoms with Crippen LogP contribution in [0.4, 0.5) is 0 Å². The summed E-state index contributed by atoms with van der Waals surface area (Å²) in [6, 6.07) is 11.7. The van der Waals surface area contributed by atoms with E-state index >= 15 is 0 Å². The molecule has 1 saturated heterocycles. The molecule has 28 heavy (non-hydrogen) atoms. The molecule has 1 amide bonds. The van der Waals surface area contributed by atoms with Crippen LogP contribution in [0.3, 0.4) is 0 Å². The van der Waals surface area contributed by atoms with E-state index in [1.54, 1.807) is 31.3 Å². The van der Waals surface area contributed by atoms with Gasteiger partial charge in [0, 0.05) is 24.2 Å². The van der Waals surface area contributed by atoms with Gasteiger partial charge < -0.3 is 15.2 Å². The van der Waals surface area contributed by atoms with Crippen LogP contribution in [0.15, 0.2) is 47.5 Å². The molecule has 1 aliphatic rings. The summed E-state index contributed by atoms with van der Waals surface area (Å²) in [4.78, 5) is 27.4. The number of piperidine rings is 1. The van der Waals surface area contributed by atoms with E-state index in [0.717, 1.165) is 36.6 Å². The maximum absolute atomic E-state index is 11.8. The lowest BCUT2D eigenvalue weighted by atomic mass is 9.90. The molecule has 148 valence electrons. The number of nitrogens with zero attached hydrogens (tertiary/aromatic N) is 2. The standard InChI is InChI=1S/C20H23N3O4S/c1-27-16-4-2-3-15(11-16)14-7-9-23(10-8-14)28-17-5-6-18(21-12-17)20(26)22-13-19(24)25/h2-6,11-12,14H,7-10,13H2,1H3,(H,22,26)(H,24,25). The molecule has 3 rings (SSSR count). The average molecular weight is 401 g/mol. The van der Waals surface area contributed by atoms with Gasteiger partial charge in [0.25, 0.3) is 5.91 Å². The zero-order chi connectivity index (χ0) is 19.9. The Labute approximate surface area is 168 Å². The van der Waals surface area contributed by atoms with Crippen molar-refractivity contribution in [2.45, 2.75) is 23.7 Å². The van der Waals surface area contributed by atoms with Gasteiger partial charge in [-0.25, -0.2) is 9.29 Å². The van der Waals surface area contributed by atoms with E-state index in [2.05, 4.69) is 26.7 Å². The first-order valence-electron chi connectivity index (χ1n) is 9.08. The maximum atomic E-state index is 11.8. The number of carbonyl (C=O) groups excluding carboxylic acids is 1. The van der Waals surface area contributed by atoms with Crippen LogP contribution >= 0.6 is 11.9 Å². The number of benzene rings is 1. The molecule has 0 bridgehead atoms. The third kappa shape index (κ3) is 5.46. The van der Waals surface area contributed by atoms with Crippen molar-refractivity contribution in [1.82, 2.24) is 14.6 Å². The Morgan fingerprint density at radius 2 is 2.07 bits per heavy atom. The molecule has 1 aliphatic heterocycles. The number of rotatable bonds is 7. The zero-order valence-electron chi connectivity index (χ0n) is 15.6. The van der Waals surface area contributed by atoms with E-state index in [9.17, 15) is 9.59 Å². The Hall–Kier alpha value is -2.58. The molecule has 7 nitrogen and oxygen atoms in total. The third-order valence-electron chi connectivity index (χ3n) is 4.62. The fourth-order valence-electron chi connectivity index (χ4n) is 3.14. The molecule has 2 aromatic rings. The minimum absolute atomic E-state index is 0.210. The lowest BCUT2D eigenvalue weighted by Gasteiger charge is -2.31. The number of methoxy groups -OCH3 is 1. The van der Waals surface area contributed by atoms with Crippen LogP contribution in [0.1, 0.15) is 34.8 Å². The van der Waals surface area contributed by atoms with Crippen molar-refractivity contribution < 1.29 is 19.4 Å². The summed E-state index contributed by atoms with van der Waals surface area (Å²) in [5, 5.41) is 10.9. The summed E-state index contributed by atoms with van der Waals surface area (Å²) in [5.74, 6) is -0.144. The first-order chi connectivity index (χ1) is 13.5. The fourth-order valence-corrected chi connectivity index (χ4v) is 4.06. The Morgan fingerprint density at radius 3 is 2.71 bits per heavy atom. The minimum Gasteiger partial charge on any atom is -0.497 e. The van der Waals surface area contributed by atoms with Crippen LogP contribution in [0, 0.1) is 0 Å². The highest BCUT2D eigenvalue weighted by molar-refractivity contribution is 7.97. The minimum atomic E-state index is -1.09. The number of nitrogens with one attached hydrogen (secondary N) is 1. The second-order valence-corrected chi connectivity index (χ2v) is 7.70. The zero-order valence-corrected chi connectivity index (χ0v) is 16.4. The van der Waals surface area contributed by atoms with Crippen LogP contribution in [0.25, 0.3) is 0 Å². The van der Waals surface area contributed by atoms with Crippen LogP contribution in [-0.2, 0) is 4.79 Å². The van der Waals surface area contributed by atoms with Gasteiger partial charge in [0.05, 0.1) is 7.11 Å². The summed E-state index contributed by atoms with van der Waals surface area (Å²) in [6.07, 6.45) is 3.79. The van der Waals surface area contributed by atoms with Crippen molar-refractivity contribution in [1.29, 1.82) is 0 Å². The molecule has 0 saturated carbocycles. The molecule has 0 radical (unpaired) electrons. The largest absolute Gasteiger partial charge is 0.497 e. The van der Waals surface area contributed by atoms with Crippen molar-refractivity contribution in [3.8, 4) is 5.75 Å². The van der Waals surface area contributed by atoms with Crippen molar-refractivity contribution in [3.05, 3.63) is 53.9 Å². The van der Waals surface area contributed by atoms with Crippen molar-refractivity contribution >= 4 is 23.8 Å². The highest BCUT2D eigenvalue weighted by Crippen LogP contribution is 2.34. The van der Waals surface area contributed by atoms with Gasteiger partial charge in [-0.1, -0.05) is 12.1 Å². The summed E-state index contributed by atoms with van der Waals surface area (Å²) in [5.41, 5.74) is 1.53. The Kier molecular flexibility index (Phi) is 6.89. The fraction of sp³-hybridized carbons (Fsp3) is 0.350. The van der Waals surface area contributed by atoms with Crippen molar-refractivity contribution in [3.63, 3.8) is 0 Å². The monoisotopic (exact) mass is 401 g/mol. The first kappa shape index (κ1) is 20.2. The molecule has 0 unspecified atom stereocenters. The average Bonchev–Trinajstić information content (AvgIpc) is 2.73. The quantitative estimate of drug-likeness (QED) is 0.689. The third-order valence-corrected chi connectivity index (χ3v) is 5.70. The normalized spacial score (nSPS) is 15.2. The number of carboxylic acid groups (broad SMARTS) is 1. The number of hydrogen-bond acceptors (Lipinski definition) is 6. The molecule has 8 heteroatoms. The molecule has 1 aromatic carbocycles. The van der Waals surface area contributed by atoms with Gasteiger partial charge in [0.1, 0.15) is 18.0 Å². The van der Waals surface area contributed by atoms with E-state index in [1.165, 1.54) is 5.56 Å². The number of aromatic nitrogens is 1. The van der Waals surface area contributed by atoms with Gasteiger partial charge in [-0.3, -0.25) is 9.59 Å². The van der Waals surface area contributed by atoms with Crippen LogP contribution in [-0.4, -0.2) is 53.0 Å². The van der Waals surface area contributed by atoms with E-state index in [1.807, 2.05) is 18.2 Å². The Bertz CT molecular complexity index is 820. The van der Waals surface area contributed by atoms with Crippen LogP contribution in [0.5, 0.6) is 5.75 Å². The van der Waals surface area contributed by atoms with E-state index < -0.39 is 18.4 Å². The van der Waals surface area contributed by atoms with Crippen molar-refractivity contribution in [2.75, 3.05) is 26.7 Å². The van der Waals surface area contributed by atoms with Gasteiger partial charge in [-0.15, -0.1) is 0 Å². The Balaban J connectivity index is 1.50. The predicted octanol–water partition coefficient (Wildman–Crippen LogP) is 2.79. The van der Waals surface area contributed by atoms with Crippen molar-refractivity contribution in [2.24, 2.45) is 0 Å². The summed E-state index contributed by atoms with van der Waals surface area (Å²) in [7, 11) is 1.69.